The molecule has 0 saturated carbocycles. The van der Waals surface area contributed by atoms with Crippen LogP contribution in [-0.2, 0) is 16.0 Å². The lowest BCUT2D eigenvalue weighted by atomic mass is 10.1. The first-order valence-electron chi connectivity index (χ1n) is 5.83. The molecule has 0 bridgehead atoms. The van der Waals surface area contributed by atoms with E-state index in [1.165, 1.54) is 5.56 Å². The fraction of sp³-hybridized carbons (Fsp3) is 0.385. The zero-order valence-electron chi connectivity index (χ0n) is 10.9. The second-order valence-electron chi connectivity index (χ2n) is 4.19. The van der Waals surface area contributed by atoms with E-state index in [4.69, 9.17) is 15.9 Å². The molecule has 7 nitrogen and oxygen atoms in total. The van der Waals surface area contributed by atoms with E-state index in [1.54, 1.807) is 0 Å². The number of carboxylic acid groups (broad SMARTS) is 2. The standard InChI is InChI=1S/C9H13N.C4H6O6/c1-8(10)7-9-5-3-2-4-6-9;5-1(3(7)8)2(6)4(9)10/h2-6,8H,7,10H2,1H3;1-2,5-6H,(H,7,8)(H,9,10)/p-2/t8-;/m0./s1. The summed E-state index contributed by atoms with van der Waals surface area (Å²) in [7, 11) is 0. The minimum atomic E-state index is -2.44. The van der Waals surface area contributed by atoms with Crippen LogP contribution in [0.2, 0.25) is 0 Å². The number of aliphatic carboxylic acids is 2. The van der Waals surface area contributed by atoms with E-state index in [0.717, 1.165) is 6.42 Å². The average molecular weight is 283 g/mol. The zero-order valence-corrected chi connectivity index (χ0v) is 10.9. The lowest BCUT2D eigenvalue weighted by Gasteiger charge is -2.18. The molecule has 0 spiro atoms. The van der Waals surface area contributed by atoms with E-state index in [2.05, 4.69) is 12.1 Å². The van der Waals surface area contributed by atoms with Crippen molar-refractivity contribution in [2.45, 2.75) is 31.6 Å². The van der Waals surface area contributed by atoms with Crippen molar-refractivity contribution in [3.8, 4) is 0 Å². The number of hydrogen-bond donors (Lipinski definition) is 3. The Kier molecular flexibility index (Phi) is 8.14. The van der Waals surface area contributed by atoms with Crippen LogP contribution < -0.4 is 15.9 Å². The van der Waals surface area contributed by atoms with E-state index in [1.807, 2.05) is 25.1 Å². The van der Waals surface area contributed by atoms with Gasteiger partial charge in [0.2, 0.25) is 0 Å². The van der Waals surface area contributed by atoms with Crippen molar-refractivity contribution in [2.24, 2.45) is 5.73 Å². The van der Waals surface area contributed by atoms with Gasteiger partial charge in [0.15, 0.2) is 0 Å². The van der Waals surface area contributed by atoms with Gasteiger partial charge in [-0.2, -0.15) is 0 Å². The highest BCUT2D eigenvalue weighted by atomic mass is 16.4. The van der Waals surface area contributed by atoms with Crippen molar-refractivity contribution in [3.63, 3.8) is 0 Å². The molecule has 112 valence electrons. The number of hydrogen-bond acceptors (Lipinski definition) is 7. The molecule has 1 rings (SSSR count). The number of carbonyl (C=O) groups is 2. The molecule has 0 heterocycles. The first-order chi connectivity index (χ1) is 9.25. The van der Waals surface area contributed by atoms with Crippen molar-refractivity contribution < 1.29 is 30.0 Å². The highest BCUT2D eigenvalue weighted by Crippen LogP contribution is 2.00. The van der Waals surface area contributed by atoms with Gasteiger partial charge in [0.05, 0.1) is 11.9 Å². The van der Waals surface area contributed by atoms with Crippen molar-refractivity contribution in [3.05, 3.63) is 35.9 Å². The Morgan fingerprint density at radius 3 is 1.80 bits per heavy atom. The number of aliphatic hydroxyl groups excluding tert-OH is 2. The molecule has 0 aliphatic heterocycles. The fourth-order valence-electron chi connectivity index (χ4n) is 1.24. The predicted octanol–water partition coefficient (Wildman–Crippen LogP) is -3.22. The van der Waals surface area contributed by atoms with E-state index >= 15 is 0 Å². The molecule has 0 aliphatic rings. The van der Waals surface area contributed by atoms with Crippen LogP contribution in [0.3, 0.4) is 0 Å². The number of carbonyl (C=O) groups excluding carboxylic acids is 2. The molecule has 3 atom stereocenters. The van der Waals surface area contributed by atoms with Gasteiger partial charge < -0.3 is 35.7 Å². The highest BCUT2D eigenvalue weighted by Gasteiger charge is 2.17. The number of carboxylic acids is 2. The van der Waals surface area contributed by atoms with Gasteiger partial charge in [0.25, 0.3) is 0 Å². The lowest BCUT2D eigenvalue weighted by molar-refractivity contribution is -0.333. The van der Waals surface area contributed by atoms with Crippen LogP contribution in [0.4, 0.5) is 0 Å². The quantitative estimate of drug-likeness (QED) is 0.515. The molecule has 7 heteroatoms. The third kappa shape index (κ3) is 7.47. The molecular formula is C13H17NO6-2. The summed E-state index contributed by atoms with van der Waals surface area (Å²) in [5, 5.41) is 35.7. The summed E-state index contributed by atoms with van der Waals surface area (Å²) >= 11 is 0. The van der Waals surface area contributed by atoms with Gasteiger partial charge in [-0.1, -0.05) is 30.3 Å². The van der Waals surface area contributed by atoms with E-state index in [9.17, 15) is 19.8 Å². The summed E-state index contributed by atoms with van der Waals surface area (Å²) in [5.74, 6) is -4.12. The molecule has 0 fully saturated rings. The second kappa shape index (κ2) is 9.03. The molecule has 2 unspecified atom stereocenters. The van der Waals surface area contributed by atoms with Crippen LogP contribution in [0, 0.1) is 0 Å². The van der Waals surface area contributed by atoms with Gasteiger partial charge in [0.1, 0.15) is 12.2 Å². The maximum absolute atomic E-state index is 9.63. The minimum Gasteiger partial charge on any atom is -0.547 e. The van der Waals surface area contributed by atoms with Gasteiger partial charge in [-0.25, -0.2) is 0 Å². The third-order valence-corrected chi connectivity index (χ3v) is 2.18. The molecule has 4 N–H and O–H groups in total. The summed E-state index contributed by atoms with van der Waals surface area (Å²) in [4.78, 5) is 19.3. The number of aliphatic hydroxyl groups is 2. The van der Waals surface area contributed by atoms with Gasteiger partial charge in [-0.3, -0.25) is 0 Å². The third-order valence-electron chi connectivity index (χ3n) is 2.18. The van der Waals surface area contributed by atoms with Gasteiger partial charge >= 0.3 is 0 Å². The van der Waals surface area contributed by atoms with Crippen LogP contribution in [0.15, 0.2) is 30.3 Å². The highest BCUT2D eigenvalue weighted by molar-refractivity contribution is 5.80. The SMILES string of the molecule is C[C@H](N)Cc1ccccc1.O=C([O-])C(O)C(O)C(=O)[O-]. The fourth-order valence-corrected chi connectivity index (χ4v) is 1.24. The Hall–Kier alpha value is -1.96. The molecule has 0 saturated heterocycles. The number of nitrogens with two attached hydrogens (primary N) is 1. The Balaban J connectivity index is 0.000000361. The summed E-state index contributed by atoms with van der Waals surface area (Å²) in [6, 6.07) is 10.6. The maximum atomic E-state index is 9.63. The lowest BCUT2D eigenvalue weighted by Crippen LogP contribution is -2.51. The van der Waals surface area contributed by atoms with E-state index in [-0.39, 0.29) is 6.04 Å². The Bertz CT molecular complexity index is 402. The zero-order chi connectivity index (χ0) is 15.7. The molecule has 1 aromatic carbocycles. The smallest absolute Gasteiger partial charge is 0.124 e. The molecule has 0 amide bonds. The largest absolute Gasteiger partial charge is 0.547 e. The molecular weight excluding hydrogens is 266 g/mol. The van der Waals surface area contributed by atoms with Gasteiger partial charge in [0, 0.05) is 6.04 Å². The summed E-state index contributed by atoms with van der Waals surface area (Å²) < 4.78 is 0. The van der Waals surface area contributed by atoms with Crippen LogP contribution in [0.1, 0.15) is 12.5 Å². The monoisotopic (exact) mass is 283 g/mol. The number of rotatable bonds is 5. The van der Waals surface area contributed by atoms with E-state index in [0.29, 0.717) is 0 Å². The van der Waals surface area contributed by atoms with Gasteiger partial charge in [-0.15, -0.1) is 0 Å². The summed E-state index contributed by atoms with van der Waals surface area (Å²) in [6.07, 6.45) is -3.91. The summed E-state index contributed by atoms with van der Waals surface area (Å²) in [5.41, 5.74) is 6.94. The topological polar surface area (TPSA) is 147 Å². The Morgan fingerprint density at radius 2 is 1.50 bits per heavy atom. The minimum absolute atomic E-state index is 0.266. The number of benzene rings is 1. The van der Waals surface area contributed by atoms with Crippen LogP contribution in [-0.4, -0.2) is 40.4 Å². The first-order valence-corrected chi connectivity index (χ1v) is 5.83. The Labute approximate surface area is 116 Å². The van der Waals surface area contributed by atoms with Crippen molar-refractivity contribution >= 4 is 11.9 Å². The molecule has 0 aliphatic carbocycles. The Morgan fingerprint density at radius 1 is 1.10 bits per heavy atom. The normalized spacial score (nSPS) is 14.4. The molecule has 1 aromatic rings. The average Bonchev–Trinajstić information content (AvgIpc) is 2.38. The predicted molar refractivity (Wildman–Crippen MR) is 65.8 cm³/mol. The van der Waals surface area contributed by atoms with E-state index < -0.39 is 24.1 Å². The first kappa shape index (κ1) is 18.0. The van der Waals surface area contributed by atoms with Crippen LogP contribution in [0.5, 0.6) is 0 Å². The van der Waals surface area contributed by atoms with Crippen molar-refractivity contribution in [2.75, 3.05) is 0 Å². The second-order valence-corrected chi connectivity index (χ2v) is 4.19. The molecule has 20 heavy (non-hydrogen) atoms. The van der Waals surface area contributed by atoms with Crippen molar-refractivity contribution in [1.29, 1.82) is 0 Å². The van der Waals surface area contributed by atoms with Crippen LogP contribution >= 0.6 is 0 Å². The summed E-state index contributed by atoms with van der Waals surface area (Å²) in [6.45, 7) is 2.02. The molecule has 0 radical (unpaired) electrons. The maximum Gasteiger partial charge on any atom is 0.124 e. The van der Waals surface area contributed by atoms with Crippen LogP contribution in [0.25, 0.3) is 0 Å². The van der Waals surface area contributed by atoms with Crippen molar-refractivity contribution in [1.82, 2.24) is 0 Å². The molecule has 0 aromatic heterocycles. The van der Waals surface area contributed by atoms with Gasteiger partial charge in [-0.05, 0) is 18.9 Å².